The third kappa shape index (κ3) is 4.36. The number of anilines is 1. The summed E-state index contributed by atoms with van der Waals surface area (Å²) >= 11 is 3.24. The number of hydrogen-bond acceptors (Lipinski definition) is 5. The average Bonchev–Trinajstić information content (AvgIpc) is 3.41. The maximum atomic E-state index is 13.4. The number of benzene rings is 2. The Kier molecular flexibility index (Phi) is 5.97. The van der Waals surface area contributed by atoms with Gasteiger partial charge in [-0.1, -0.05) is 23.5 Å². The molecule has 1 amide bonds. The second-order valence-corrected chi connectivity index (χ2v) is 8.65. The lowest BCUT2D eigenvalue weighted by Crippen LogP contribution is -2.32. The molecule has 0 aliphatic heterocycles. The van der Waals surface area contributed by atoms with Gasteiger partial charge in [-0.05, 0) is 55.5 Å². The smallest absolute Gasteiger partial charge is 0.260 e. The highest BCUT2D eigenvalue weighted by Crippen LogP contribution is 2.31. The Morgan fingerprint density at radius 1 is 1.21 bits per heavy atom. The summed E-state index contributed by atoms with van der Waals surface area (Å²) in [5.41, 5.74) is 2.78. The van der Waals surface area contributed by atoms with Gasteiger partial charge in [-0.15, -0.1) is 11.8 Å². The Morgan fingerprint density at radius 2 is 2.03 bits per heavy atom. The molecule has 0 aliphatic rings. The van der Waals surface area contributed by atoms with E-state index < -0.39 is 0 Å². The van der Waals surface area contributed by atoms with Gasteiger partial charge in [0.05, 0.1) is 16.5 Å². The Bertz CT molecular complexity index is 1100. The van der Waals surface area contributed by atoms with Crippen molar-refractivity contribution in [2.24, 2.45) is 0 Å². The highest BCUT2D eigenvalue weighted by molar-refractivity contribution is 7.98. The van der Waals surface area contributed by atoms with Crippen molar-refractivity contribution in [2.45, 2.75) is 24.8 Å². The molecule has 0 aliphatic carbocycles. The molecule has 0 spiro atoms. The number of rotatable bonds is 7. The van der Waals surface area contributed by atoms with Crippen LogP contribution in [0.1, 0.15) is 22.3 Å². The fourth-order valence-corrected chi connectivity index (χ4v) is 4.67. The Hall–Kier alpha value is -2.64. The normalized spacial score (nSPS) is 11.1. The molecule has 0 atom stereocenters. The molecular weight excluding hydrogens is 400 g/mol. The molecule has 0 radical (unpaired) electrons. The lowest BCUT2D eigenvalue weighted by atomic mass is 10.2. The van der Waals surface area contributed by atoms with E-state index in [1.807, 2.05) is 52.3 Å². The van der Waals surface area contributed by atoms with Crippen LogP contribution in [0.2, 0.25) is 0 Å². The van der Waals surface area contributed by atoms with Crippen molar-refractivity contribution in [3.63, 3.8) is 0 Å². The maximum Gasteiger partial charge on any atom is 0.260 e. The number of fused-ring (bicyclic) bond motifs is 1. The van der Waals surface area contributed by atoms with Gasteiger partial charge in [-0.25, -0.2) is 9.97 Å². The van der Waals surface area contributed by atoms with E-state index in [0.717, 1.165) is 38.8 Å². The maximum absolute atomic E-state index is 13.4. The van der Waals surface area contributed by atoms with Gasteiger partial charge in [0, 0.05) is 35.9 Å². The number of carbonyl (C=O) groups excluding carboxylic acids is 1. The fraction of sp³-hybridized carbons (Fsp3) is 0.227. The molecule has 2 heterocycles. The largest absolute Gasteiger partial charge is 0.337 e. The summed E-state index contributed by atoms with van der Waals surface area (Å²) in [6.45, 7) is 3.46. The summed E-state index contributed by atoms with van der Waals surface area (Å²) in [6.07, 6.45) is 8.36. The van der Waals surface area contributed by atoms with Gasteiger partial charge in [0.2, 0.25) is 0 Å². The van der Waals surface area contributed by atoms with Gasteiger partial charge in [-0.2, -0.15) is 0 Å². The van der Waals surface area contributed by atoms with Crippen LogP contribution in [-0.4, -0.2) is 33.2 Å². The number of thiazole rings is 1. The van der Waals surface area contributed by atoms with Crippen LogP contribution in [-0.2, 0) is 6.54 Å². The lowest BCUT2D eigenvalue weighted by molar-refractivity contribution is 0.0986. The molecule has 0 saturated heterocycles. The molecule has 0 N–H and O–H groups in total. The van der Waals surface area contributed by atoms with E-state index in [9.17, 15) is 4.79 Å². The van der Waals surface area contributed by atoms with Crippen LogP contribution in [0.4, 0.5) is 5.13 Å². The van der Waals surface area contributed by atoms with Crippen molar-refractivity contribution in [1.29, 1.82) is 0 Å². The van der Waals surface area contributed by atoms with Gasteiger partial charge >= 0.3 is 0 Å². The van der Waals surface area contributed by atoms with E-state index in [2.05, 4.69) is 24.0 Å². The minimum atomic E-state index is -0.0139. The Labute approximate surface area is 178 Å². The van der Waals surface area contributed by atoms with Crippen LogP contribution in [0.3, 0.4) is 0 Å². The average molecular weight is 423 g/mol. The summed E-state index contributed by atoms with van der Waals surface area (Å²) in [7, 11) is 0. The standard InChI is InChI=1S/C22H22N4OS2/c1-16-5-3-6-19-20(16)24-22(29-19)26(13-4-12-25-14-11-23-15-25)21(27)17-7-9-18(28-2)10-8-17/h3,5-11,14-15H,4,12-13H2,1-2H3. The van der Waals surface area contributed by atoms with Gasteiger partial charge in [0.1, 0.15) is 0 Å². The van der Waals surface area contributed by atoms with Crippen molar-refractivity contribution in [1.82, 2.24) is 14.5 Å². The van der Waals surface area contributed by atoms with Crippen molar-refractivity contribution < 1.29 is 4.79 Å². The zero-order valence-electron chi connectivity index (χ0n) is 16.4. The zero-order valence-corrected chi connectivity index (χ0v) is 18.0. The third-order valence-corrected chi connectivity index (χ3v) is 6.57. The molecule has 0 fully saturated rings. The molecule has 2 aromatic carbocycles. The highest BCUT2D eigenvalue weighted by Gasteiger charge is 2.21. The molecule has 0 unspecified atom stereocenters. The first-order chi connectivity index (χ1) is 14.2. The summed E-state index contributed by atoms with van der Waals surface area (Å²) in [5.74, 6) is -0.0139. The minimum Gasteiger partial charge on any atom is -0.337 e. The minimum absolute atomic E-state index is 0.0139. The van der Waals surface area contributed by atoms with Crippen molar-refractivity contribution in [2.75, 3.05) is 17.7 Å². The van der Waals surface area contributed by atoms with Crippen molar-refractivity contribution >= 4 is 44.4 Å². The van der Waals surface area contributed by atoms with Crippen LogP contribution in [0, 0.1) is 6.92 Å². The lowest BCUT2D eigenvalue weighted by Gasteiger charge is -2.20. The quantitative estimate of drug-likeness (QED) is 0.381. The first-order valence-electron chi connectivity index (χ1n) is 9.43. The number of imidazole rings is 1. The first-order valence-corrected chi connectivity index (χ1v) is 11.5. The second kappa shape index (κ2) is 8.80. The summed E-state index contributed by atoms with van der Waals surface area (Å²) in [6, 6.07) is 13.9. The van der Waals surface area contributed by atoms with E-state index in [-0.39, 0.29) is 5.91 Å². The number of aromatic nitrogens is 3. The predicted octanol–water partition coefficient (Wildman–Crippen LogP) is 5.26. The third-order valence-electron chi connectivity index (χ3n) is 4.78. The van der Waals surface area contributed by atoms with Gasteiger partial charge in [0.15, 0.2) is 5.13 Å². The van der Waals surface area contributed by atoms with E-state index >= 15 is 0 Å². The monoisotopic (exact) mass is 422 g/mol. The number of thioether (sulfide) groups is 1. The number of para-hydroxylation sites is 1. The van der Waals surface area contributed by atoms with Crippen LogP contribution < -0.4 is 4.90 Å². The predicted molar refractivity (Wildman–Crippen MR) is 121 cm³/mol. The zero-order chi connectivity index (χ0) is 20.2. The molecule has 148 valence electrons. The number of carbonyl (C=O) groups is 1. The van der Waals surface area contributed by atoms with Gasteiger partial charge in [-0.3, -0.25) is 9.69 Å². The van der Waals surface area contributed by atoms with E-state index in [0.29, 0.717) is 12.1 Å². The molecule has 4 rings (SSSR count). The fourth-order valence-electron chi connectivity index (χ4n) is 3.19. The van der Waals surface area contributed by atoms with Crippen LogP contribution in [0.25, 0.3) is 10.2 Å². The van der Waals surface area contributed by atoms with E-state index in [1.54, 1.807) is 35.6 Å². The van der Waals surface area contributed by atoms with Gasteiger partial charge < -0.3 is 4.57 Å². The molecular formula is C22H22N4OS2. The molecule has 5 nitrogen and oxygen atoms in total. The number of amides is 1. The van der Waals surface area contributed by atoms with Crippen molar-refractivity contribution in [3.8, 4) is 0 Å². The molecule has 2 aromatic heterocycles. The topological polar surface area (TPSA) is 51.0 Å². The number of nitrogens with zero attached hydrogens (tertiary/aromatic N) is 4. The Morgan fingerprint density at radius 3 is 2.72 bits per heavy atom. The number of hydrogen-bond donors (Lipinski definition) is 0. The molecule has 7 heteroatoms. The summed E-state index contributed by atoms with van der Waals surface area (Å²) < 4.78 is 3.13. The second-order valence-electron chi connectivity index (χ2n) is 6.76. The highest BCUT2D eigenvalue weighted by atomic mass is 32.2. The van der Waals surface area contributed by atoms with Crippen molar-refractivity contribution in [3.05, 3.63) is 72.3 Å². The molecule has 4 aromatic rings. The summed E-state index contributed by atoms with van der Waals surface area (Å²) in [4.78, 5) is 25.2. The van der Waals surface area contributed by atoms with Crippen LogP contribution >= 0.6 is 23.1 Å². The van der Waals surface area contributed by atoms with E-state index in [1.165, 1.54) is 0 Å². The SMILES string of the molecule is CSc1ccc(C(=O)N(CCCn2ccnc2)c2nc3c(C)cccc3s2)cc1. The van der Waals surface area contributed by atoms with E-state index in [4.69, 9.17) is 4.98 Å². The van der Waals surface area contributed by atoms with Gasteiger partial charge in [0.25, 0.3) is 5.91 Å². The van der Waals surface area contributed by atoms with Crippen LogP contribution in [0.5, 0.6) is 0 Å². The molecule has 29 heavy (non-hydrogen) atoms. The first kappa shape index (κ1) is 19.7. The summed E-state index contributed by atoms with van der Waals surface area (Å²) in [5, 5.41) is 0.749. The Balaban J connectivity index is 1.63. The van der Waals surface area contributed by atoms with Crippen LogP contribution in [0.15, 0.2) is 66.1 Å². The molecule has 0 bridgehead atoms. The number of aryl methyl sites for hydroxylation is 2. The molecule has 0 saturated carbocycles.